The highest BCUT2D eigenvalue weighted by molar-refractivity contribution is 5.36. The van der Waals surface area contributed by atoms with Gasteiger partial charge in [0.2, 0.25) is 0 Å². The molecule has 1 rings (SSSR count). The summed E-state index contributed by atoms with van der Waals surface area (Å²) in [7, 11) is 1.28. The van der Waals surface area contributed by atoms with Gasteiger partial charge in [-0.15, -0.1) is 0 Å². The van der Waals surface area contributed by atoms with E-state index < -0.39 is 12.2 Å². The maximum atomic E-state index is 12.7. The summed E-state index contributed by atoms with van der Waals surface area (Å²) in [4.78, 5) is 0. The molecule has 1 unspecified atom stereocenters. The minimum absolute atomic E-state index is 0.111. The molecule has 1 aromatic rings. The van der Waals surface area contributed by atoms with Gasteiger partial charge in [0.05, 0.1) is 6.61 Å². The first kappa shape index (κ1) is 12.8. The number of nitrogens with one attached hydrogen (secondary N) is 1. The minimum Gasteiger partial charge on any atom is -0.494 e. The molecule has 0 bridgehead atoms. The molecule has 5 heteroatoms. The topological polar surface area (TPSA) is 21.3 Å². The Labute approximate surface area is 92.4 Å². The Bertz CT molecular complexity index is 338. The Kier molecular flexibility index (Phi) is 4.18. The lowest BCUT2D eigenvalue weighted by Crippen LogP contribution is -2.32. The molecular formula is C11H14F3NO. The Morgan fingerprint density at radius 2 is 1.94 bits per heavy atom. The highest BCUT2D eigenvalue weighted by Gasteiger charge is 2.41. The number of halogens is 3. The van der Waals surface area contributed by atoms with E-state index in [2.05, 4.69) is 5.32 Å². The van der Waals surface area contributed by atoms with Crippen LogP contribution in [0.1, 0.15) is 18.5 Å². The minimum atomic E-state index is -4.33. The summed E-state index contributed by atoms with van der Waals surface area (Å²) >= 11 is 0. The van der Waals surface area contributed by atoms with E-state index in [0.717, 1.165) is 0 Å². The zero-order valence-corrected chi connectivity index (χ0v) is 9.14. The zero-order valence-electron chi connectivity index (χ0n) is 9.14. The molecule has 0 amide bonds. The van der Waals surface area contributed by atoms with Crippen LogP contribution in [0.15, 0.2) is 24.3 Å². The largest absolute Gasteiger partial charge is 0.494 e. The van der Waals surface area contributed by atoms with Crippen molar-refractivity contribution in [2.45, 2.75) is 19.1 Å². The number of benzene rings is 1. The normalized spacial score (nSPS) is 13.6. The van der Waals surface area contributed by atoms with Crippen molar-refractivity contribution in [2.75, 3.05) is 13.7 Å². The van der Waals surface area contributed by atoms with Crippen LogP contribution in [-0.2, 0) is 0 Å². The average Bonchev–Trinajstić information content (AvgIpc) is 2.20. The molecule has 2 nitrogen and oxygen atoms in total. The zero-order chi connectivity index (χ0) is 12.2. The van der Waals surface area contributed by atoms with Crippen LogP contribution < -0.4 is 10.1 Å². The fraction of sp³-hybridized carbons (Fsp3) is 0.455. The summed E-state index contributed by atoms with van der Waals surface area (Å²) < 4.78 is 43.3. The van der Waals surface area contributed by atoms with Crippen LogP contribution in [-0.4, -0.2) is 19.8 Å². The molecule has 0 heterocycles. The third kappa shape index (κ3) is 2.88. The molecule has 0 saturated carbocycles. The molecule has 16 heavy (non-hydrogen) atoms. The van der Waals surface area contributed by atoms with Gasteiger partial charge < -0.3 is 10.1 Å². The van der Waals surface area contributed by atoms with Crippen LogP contribution in [0.25, 0.3) is 0 Å². The molecule has 0 radical (unpaired) electrons. The van der Waals surface area contributed by atoms with E-state index in [1.54, 1.807) is 19.1 Å². The quantitative estimate of drug-likeness (QED) is 0.863. The van der Waals surface area contributed by atoms with Crippen molar-refractivity contribution < 1.29 is 17.9 Å². The number of para-hydroxylation sites is 1. The Morgan fingerprint density at radius 3 is 2.44 bits per heavy atom. The standard InChI is InChI=1S/C11H14F3NO/c1-3-16-9-7-5-4-6-8(9)10(15-2)11(12,13)14/h4-7,10,15H,3H2,1-2H3. The molecule has 0 saturated heterocycles. The molecule has 0 aliphatic heterocycles. The first-order valence-corrected chi connectivity index (χ1v) is 4.96. The third-order valence-electron chi connectivity index (χ3n) is 2.15. The highest BCUT2D eigenvalue weighted by atomic mass is 19.4. The van der Waals surface area contributed by atoms with E-state index in [1.807, 2.05) is 0 Å². The summed E-state index contributed by atoms with van der Waals surface area (Å²) in [6.45, 7) is 2.07. The van der Waals surface area contributed by atoms with Gasteiger partial charge in [0.25, 0.3) is 0 Å². The second-order valence-corrected chi connectivity index (χ2v) is 3.23. The predicted octanol–water partition coefficient (Wildman–Crippen LogP) is 2.91. The molecule has 0 aliphatic rings. The predicted molar refractivity (Wildman–Crippen MR) is 55.5 cm³/mol. The summed E-state index contributed by atoms with van der Waals surface area (Å²) in [5.74, 6) is 0.265. The van der Waals surface area contributed by atoms with Gasteiger partial charge in [0.1, 0.15) is 11.8 Å². The van der Waals surface area contributed by atoms with Crippen molar-refractivity contribution in [1.82, 2.24) is 5.32 Å². The van der Waals surface area contributed by atoms with Crippen LogP contribution in [0.5, 0.6) is 5.75 Å². The van der Waals surface area contributed by atoms with E-state index >= 15 is 0 Å². The molecule has 90 valence electrons. The van der Waals surface area contributed by atoms with Gasteiger partial charge in [0, 0.05) is 5.56 Å². The Morgan fingerprint density at radius 1 is 1.31 bits per heavy atom. The van der Waals surface area contributed by atoms with Crippen molar-refractivity contribution >= 4 is 0 Å². The van der Waals surface area contributed by atoms with Crippen molar-refractivity contribution in [3.63, 3.8) is 0 Å². The molecule has 1 N–H and O–H groups in total. The van der Waals surface area contributed by atoms with Gasteiger partial charge in [-0.1, -0.05) is 18.2 Å². The van der Waals surface area contributed by atoms with Crippen LogP contribution >= 0.6 is 0 Å². The molecule has 0 aliphatic carbocycles. The SMILES string of the molecule is CCOc1ccccc1C(NC)C(F)(F)F. The Balaban J connectivity index is 3.09. The molecule has 1 atom stereocenters. The molecule has 0 aromatic heterocycles. The van der Waals surface area contributed by atoms with Crippen molar-refractivity contribution in [3.05, 3.63) is 29.8 Å². The summed E-state index contributed by atoms with van der Waals surface area (Å²) in [6.07, 6.45) is -4.33. The molecular weight excluding hydrogens is 219 g/mol. The van der Waals surface area contributed by atoms with Gasteiger partial charge in [-0.2, -0.15) is 13.2 Å². The first-order chi connectivity index (χ1) is 7.50. The van der Waals surface area contributed by atoms with Gasteiger partial charge in [-0.05, 0) is 20.0 Å². The number of alkyl halides is 3. The lowest BCUT2D eigenvalue weighted by Gasteiger charge is -2.22. The summed E-state index contributed by atoms with van der Waals surface area (Å²) in [5, 5.41) is 2.25. The summed E-state index contributed by atoms with van der Waals surface area (Å²) in [6, 6.07) is 4.47. The van der Waals surface area contributed by atoms with Gasteiger partial charge in [-0.3, -0.25) is 0 Å². The van der Waals surface area contributed by atoms with Crippen molar-refractivity contribution in [2.24, 2.45) is 0 Å². The van der Waals surface area contributed by atoms with Crippen LogP contribution in [0.2, 0.25) is 0 Å². The lowest BCUT2D eigenvalue weighted by molar-refractivity contribution is -0.156. The van der Waals surface area contributed by atoms with E-state index in [4.69, 9.17) is 4.74 Å². The molecule has 0 spiro atoms. The van der Waals surface area contributed by atoms with Gasteiger partial charge in [-0.25, -0.2) is 0 Å². The van der Waals surface area contributed by atoms with Gasteiger partial charge in [0.15, 0.2) is 0 Å². The smallest absolute Gasteiger partial charge is 0.408 e. The fourth-order valence-electron chi connectivity index (χ4n) is 1.50. The van der Waals surface area contributed by atoms with Crippen LogP contribution in [0.4, 0.5) is 13.2 Å². The second kappa shape index (κ2) is 5.21. The monoisotopic (exact) mass is 233 g/mol. The highest BCUT2D eigenvalue weighted by Crippen LogP contribution is 2.36. The van der Waals surface area contributed by atoms with Crippen LogP contribution in [0.3, 0.4) is 0 Å². The van der Waals surface area contributed by atoms with E-state index in [1.165, 1.54) is 19.2 Å². The third-order valence-corrected chi connectivity index (χ3v) is 2.15. The maximum absolute atomic E-state index is 12.7. The number of ether oxygens (including phenoxy) is 1. The van der Waals surface area contributed by atoms with Gasteiger partial charge >= 0.3 is 6.18 Å². The number of hydrogen-bond acceptors (Lipinski definition) is 2. The summed E-state index contributed by atoms with van der Waals surface area (Å²) in [5.41, 5.74) is 0.111. The number of rotatable bonds is 4. The Hall–Kier alpha value is -1.23. The van der Waals surface area contributed by atoms with Crippen molar-refractivity contribution in [3.8, 4) is 5.75 Å². The average molecular weight is 233 g/mol. The van der Waals surface area contributed by atoms with Crippen molar-refractivity contribution in [1.29, 1.82) is 0 Å². The fourth-order valence-corrected chi connectivity index (χ4v) is 1.50. The van der Waals surface area contributed by atoms with E-state index in [9.17, 15) is 13.2 Å². The number of hydrogen-bond donors (Lipinski definition) is 1. The van der Waals surface area contributed by atoms with E-state index in [0.29, 0.717) is 6.61 Å². The maximum Gasteiger partial charge on any atom is 0.408 e. The van der Waals surface area contributed by atoms with E-state index in [-0.39, 0.29) is 11.3 Å². The van der Waals surface area contributed by atoms with Crippen LogP contribution in [0, 0.1) is 0 Å². The molecule has 0 fully saturated rings. The lowest BCUT2D eigenvalue weighted by atomic mass is 10.1. The molecule has 1 aromatic carbocycles. The first-order valence-electron chi connectivity index (χ1n) is 4.96. The second-order valence-electron chi connectivity index (χ2n) is 3.23.